The predicted molar refractivity (Wildman–Crippen MR) is 145 cm³/mol. The van der Waals surface area contributed by atoms with Gasteiger partial charge in [-0.05, 0) is 44.9 Å². The maximum Gasteiger partial charge on any atom is 0.222 e. The zero-order valence-electron chi connectivity index (χ0n) is 21.7. The van der Waals surface area contributed by atoms with E-state index in [0.717, 1.165) is 78.4 Å². The summed E-state index contributed by atoms with van der Waals surface area (Å²) in [5, 5.41) is 1.10. The topological polar surface area (TPSA) is 85.3 Å². The van der Waals surface area contributed by atoms with Crippen molar-refractivity contribution in [2.24, 2.45) is 0 Å². The highest BCUT2D eigenvalue weighted by Gasteiger charge is 2.20. The maximum absolute atomic E-state index is 6.06. The quantitative estimate of drug-likeness (QED) is 0.427. The van der Waals surface area contributed by atoms with E-state index in [2.05, 4.69) is 67.8 Å². The number of ether oxygens (including phenoxy) is 1. The summed E-state index contributed by atoms with van der Waals surface area (Å²) in [4.78, 5) is 18.8. The zero-order chi connectivity index (χ0) is 25.2. The number of nitrogen functional groups attached to an aromatic ring is 1. The van der Waals surface area contributed by atoms with Gasteiger partial charge in [0, 0.05) is 67.3 Å². The van der Waals surface area contributed by atoms with Gasteiger partial charge in [-0.2, -0.15) is 4.98 Å². The lowest BCUT2D eigenvalue weighted by molar-refractivity contribution is 0.261. The van der Waals surface area contributed by atoms with E-state index in [0.29, 0.717) is 12.5 Å². The molecule has 1 saturated heterocycles. The summed E-state index contributed by atoms with van der Waals surface area (Å²) < 4.78 is 7.78. The van der Waals surface area contributed by atoms with Crippen LogP contribution in [0.2, 0.25) is 0 Å². The van der Waals surface area contributed by atoms with E-state index in [1.54, 1.807) is 7.11 Å². The van der Waals surface area contributed by atoms with Crippen molar-refractivity contribution in [3.05, 3.63) is 70.8 Å². The van der Waals surface area contributed by atoms with Crippen LogP contribution < -0.4 is 15.4 Å². The lowest BCUT2D eigenvalue weighted by Gasteiger charge is -2.36. The van der Waals surface area contributed by atoms with E-state index in [4.69, 9.17) is 15.5 Å². The maximum atomic E-state index is 6.06. The van der Waals surface area contributed by atoms with Crippen LogP contribution in [0.15, 0.2) is 42.7 Å². The molecule has 0 amide bonds. The molecule has 36 heavy (non-hydrogen) atoms. The number of piperazine rings is 1. The van der Waals surface area contributed by atoms with Crippen molar-refractivity contribution < 1.29 is 4.74 Å². The number of aromatic nitrogens is 4. The Balaban J connectivity index is 1.35. The van der Waals surface area contributed by atoms with E-state index < -0.39 is 0 Å². The van der Waals surface area contributed by atoms with Crippen LogP contribution in [-0.2, 0) is 13.0 Å². The first kappa shape index (κ1) is 24.1. The second kappa shape index (κ2) is 10.1. The summed E-state index contributed by atoms with van der Waals surface area (Å²) in [6, 6.07) is 10.7. The molecule has 2 N–H and O–H groups in total. The third-order valence-electron chi connectivity index (χ3n) is 7.25. The second-order valence-corrected chi connectivity index (χ2v) is 9.61. The SMILES string of the molecule is COc1c(C)cnc(Cn2cc(CCN3CCN(c4ccccc4)CC3)c3c(C)nc(N)nc32)c1C. The second-order valence-electron chi connectivity index (χ2n) is 9.61. The molecule has 188 valence electrons. The molecular weight excluding hydrogens is 450 g/mol. The van der Waals surface area contributed by atoms with Gasteiger partial charge in [-0.3, -0.25) is 9.88 Å². The molecule has 0 spiro atoms. The van der Waals surface area contributed by atoms with Crippen molar-refractivity contribution in [2.45, 2.75) is 33.7 Å². The van der Waals surface area contributed by atoms with Crippen LogP contribution in [0.25, 0.3) is 11.0 Å². The molecule has 1 aromatic carbocycles. The molecule has 0 bridgehead atoms. The minimum absolute atomic E-state index is 0.300. The van der Waals surface area contributed by atoms with E-state index >= 15 is 0 Å². The van der Waals surface area contributed by atoms with Crippen LogP contribution in [0.1, 0.15) is 28.1 Å². The van der Waals surface area contributed by atoms with Gasteiger partial charge in [0.15, 0.2) is 0 Å². The van der Waals surface area contributed by atoms with Gasteiger partial charge < -0.3 is 19.9 Å². The molecule has 8 heteroatoms. The predicted octanol–water partition coefficient (Wildman–Crippen LogP) is 3.76. The molecule has 0 radical (unpaired) electrons. The number of anilines is 2. The van der Waals surface area contributed by atoms with E-state index in [1.165, 1.54) is 11.3 Å². The molecule has 4 heterocycles. The summed E-state index contributed by atoms with van der Waals surface area (Å²) in [7, 11) is 1.71. The Morgan fingerprint density at radius 2 is 1.75 bits per heavy atom. The van der Waals surface area contributed by atoms with E-state index in [9.17, 15) is 0 Å². The number of nitrogens with zero attached hydrogens (tertiary/aromatic N) is 6. The molecular formula is C28H35N7O. The highest BCUT2D eigenvalue weighted by atomic mass is 16.5. The number of methoxy groups -OCH3 is 1. The number of hydrogen-bond acceptors (Lipinski definition) is 7. The summed E-state index contributed by atoms with van der Waals surface area (Å²) in [5.74, 6) is 1.19. The Bertz CT molecular complexity index is 1360. The minimum atomic E-state index is 0.300. The lowest BCUT2D eigenvalue weighted by Crippen LogP contribution is -2.46. The zero-order valence-corrected chi connectivity index (χ0v) is 21.7. The molecule has 0 unspecified atom stereocenters. The summed E-state index contributed by atoms with van der Waals surface area (Å²) in [6.45, 7) is 11.9. The van der Waals surface area contributed by atoms with Gasteiger partial charge in [0.1, 0.15) is 11.4 Å². The lowest BCUT2D eigenvalue weighted by atomic mass is 10.1. The van der Waals surface area contributed by atoms with Crippen LogP contribution in [0.3, 0.4) is 0 Å². The number of aryl methyl sites for hydroxylation is 2. The smallest absolute Gasteiger partial charge is 0.222 e. The van der Waals surface area contributed by atoms with Crippen LogP contribution in [0, 0.1) is 20.8 Å². The molecule has 0 saturated carbocycles. The normalized spacial score (nSPS) is 14.5. The number of rotatable bonds is 7. The molecule has 1 aliphatic rings. The van der Waals surface area contributed by atoms with Crippen LogP contribution in [0.5, 0.6) is 5.75 Å². The number of fused-ring (bicyclic) bond motifs is 1. The van der Waals surface area contributed by atoms with Gasteiger partial charge >= 0.3 is 0 Å². The number of hydrogen-bond donors (Lipinski definition) is 1. The van der Waals surface area contributed by atoms with Gasteiger partial charge in [0.25, 0.3) is 0 Å². The van der Waals surface area contributed by atoms with Crippen LogP contribution in [-0.4, -0.2) is 64.3 Å². The summed E-state index contributed by atoms with van der Waals surface area (Å²) >= 11 is 0. The molecule has 8 nitrogen and oxygen atoms in total. The molecule has 3 aromatic heterocycles. The average molecular weight is 486 g/mol. The minimum Gasteiger partial charge on any atom is -0.496 e. The monoisotopic (exact) mass is 485 g/mol. The van der Waals surface area contributed by atoms with Crippen molar-refractivity contribution in [1.29, 1.82) is 0 Å². The highest BCUT2D eigenvalue weighted by molar-refractivity contribution is 5.84. The first-order valence-corrected chi connectivity index (χ1v) is 12.6. The Morgan fingerprint density at radius 1 is 1.00 bits per heavy atom. The molecule has 1 aliphatic heterocycles. The van der Waals surface area contributed by atoms with Crippen molar-refractivity contribution in [3.8, 4) is 5.75 Å². The Hall–Kier alpha value is -3.65. The van der Waals surface area contributed by atoms with Gasteiger partial charge in [-0.1, -0.05) is 18.2 Å². The third-order valence-corrected chi connectivity index (χ3v) is 7.25. The Kier molecular flexibility index (Phi) is 6.78. The number of para-hydroxylation sites is 1. The van der Waals surface area contributed by atoms with Gasteiger partial charge in [0.2, 0.25) is 5.95 Å². The van der Waals surface area contributed by atoms with Crippen molar-refractivity contribution in [3.63, 3.8) is 0 Å². The molecule has 0 atom stereocenters. The van der Waals surface area contributed by atoms with Crippen molar-refractivity contribution >= 4 is 22.7 Å². The van der Waals surface area contributed by atoms with Gasteiger partial charge in [0.05, 0.1) is 25.0 Å². The Labute approximate surface area is 212 Å². The number of pyridine rings is 1. The summed E-state index contributed by atoms with van der Waals surface area (Å²) in [6.07, 6.45) is 5.02. The van der Waals surface area contributed by atoms with Crippen LogP contribution >= 0.6 is 0 Å². The average Bonchev–Trinajstić information content (AvgIpc) is 3.23. The highest BCUT2D eigenvalue weighted by Crippen LogP contribution is 2.28. The number of benzene rings is 1. The fraction of sp³-hybridized carbons (Fsp3) is 0.393. The van der Waals surface area contributed by atoms with Crippen LogP contribution in [0.4, 0.5) is 11.6 Å². The molecule has 4 aromatic rings. The van der Waals surface area contributed by atoms with Crippen molar-refractivity contribution in [1.82, 2.24) is 24.4 Å². The summed E-state index contributed by atoms with van der Waals surface area (Å²) in [5.41, 5.74) is 13.5. The molecule has 5 rings (SSSR count). The van der Waals surface area contributed by atoms with E-state index in [-0.39, 0.29) is 0 Å². The standard InChI is InChI=1S/C28H35N7O/c1-19-16-30-24(20(2)26(19)36-4)18-35-17-22(25-21(3)31-28(29)32-27(25)35)10-11-33-12-14-34(15-13-33)23-8-6-5-7-9-23/h5-9,16-17H,10-15,18H2,1-4H3,(H2,29,31,32). The largest absolute Gasteiger partial charge is 0.496 e. The van der Waals surface area contributed by atoms with Crippen molar-refractivity contribution in [2.75, 3.05) is 50.5 Å². The molecule has 0 aliphatic carbocycles. The first-order chi connectivity index (χ1) is 17.4. The number of nitrogens with two attached hydrogens (primary N) is 1. The molecule has 1 fully saturated rings. The van der Waals surface area contributed by atoms with Gasteiger partial charge in [-0.25, -0.2) is 4.98 Å². The third kappa shape index (κ3) is 4.73. The fourth-order valence-electron chi connectivity index (χ4n) is 5.33. The first-order valence-electron chi connectivity index (χ1n) is 12.6. The van der Waals surface area contributed by atoms with Gasteiger partial charge in [-0.15, -0.1) is 0 Å². The fourth-order valence-corrected chi connectivity index (χ4v) is 5.33. The Morgan fingerprint density at radius 3 is 2.47 bits per heavy atom. The van der Waals surface area contributed by atoms with E-state index in [1.807, 2.05) is 20.0 Å².